The summed E-state index contributed by atoms with van der Waals surface area (Å²) in [5.41, 5.74) is 6.61. The van der Waals surface area contributed by atoms with Gasteiger partial charge in [0.2, 0.25) is 0 Å². The summed E-state index contributed by atoms with van der Waals surface area (Å²) in [4.78, 5) is 11.1. The number of hydrogen-bond acceptors (Lipinski definition) is 5. The molecule has 1 aromatic heterocycles. The van der Waals surface area contributed by atoms with E-state index >= 15 is 0 Å². The van der Waals surface area contributed by atoms with Crippen molar-refractivity contribution in [2.45, 2.75) is 38.7 Å². The molecule has 2 rings (SSSR count). The van der Waals surface area contributed by atoms with Gasteiger partial charge in [0.05, 0.1) is 6.10 Å². The van der Waals surface area contributed by atoms with E-state index in [9.17, 15) is 0 Å². The number of likely N-dealkylation sites (N-methyl/N-ethyl adjacent to an activating group) is 1. The molecule has 106 valence electrons. The highest BCUT2D eigenvalue weighted by molar-refractivity contribution is 5.39. The number of nitrogens with two attached hydrogens (primary N) is 1. The Morgan fingerprint density at radius 1 is 1.42 bits per heavy atom. The van der Waals surface area contributed by atoms with Crippen molar-refractivity contribution < 1.29 is 4.74 Å². The molecule has 1 fully saturated rings. The summed E-state index contributed by atoms with van der Waals surface area (Å²) in [5, 5.41) is 0. The van der Waals surface area contributed by atoms with Gasteiger partial charge in [-0.2, -0.15) is 0 Å². The van der Waals surface area contributed by atoms with Crippen LogP contribution in [-0.2, 0) is 11.2 Å². The Morgan fingerprint density at radius 2 is 2.26 bits per heavy atom. The Bertz CT molecular complexity index is 404. The summed E-state index contributed by atoms with van der Waals surface area (Å²) >= 11 is 0. The van der Waals surface area contributed by atoms with Gasteiger partial charge in [-0.3, -0.25) is 0 Å². The summed E-state index contributed by atoms with van der Waals surface area (Å²) in [7, 11) is 2.06. The average molecular weight is 264 g/mol. The molecule has 1 aliphatic heterocycles. The van der Waals surface area contributed by atoms with E-state index in [1.165, 1.54) is 12.8 Å². The van der Waals surface area contributed by atoms with Crippen molar-refractivity contribution in [3.05, 3.63) is 17.6 Å². The van der Waals surface area contributed by atoms with Crippen LogP contribution in [0.5, 0.6) is 0 Å². The zero-order valence-electron chi connectivity index (χ0n) is 11.9. The number of rotatable bonds is 5. The Balaban J connectivity index is 2.02. The molecule has 1 aliphatic rings. The SMILES string of the molecule is Cc1nc(CCN)cc(N(C)CC2CCCCO2)n1. The van der Waals surface area contributed by atoms with E-state index in [0.717, 1.165) is 43.3 Å². The lowest BCUT2D eigenvalue weighted by Crippen LogP contribution is -2.34. The Labute approximate surface area is 115 Å². The fourth-order valence-corrected chi connectivity index (χ4v) is 2.43. The fraction of sp³-hybridized carbons (Fsp3) is 0.714. The van der Waals surface area contributed by atoms with Crippen molar-refractivity contribution in [1.29, 1.82) is 0 Å². The molecule has 0 bridgehead atoms. The van der Waals surface area contributed by atoms with E-state index in [-0.39, 0.29) is 0 Å². The predicted molar refractivity (Wildman–Crippen MR) is 76.4 cm³/mol. The van der Waals surface area contributed by atoms with Crippen molar-refractivity contribution in [2.75, 3.05) is 31.6 Å². The van der Waals surface area contributed by atoms with Crippen LogP contribution in [0.4, 0.5) is 5.82 Å². The first-order chi connectivity index (χ1) is 9.19. The highest BCUT2D eigenvalue weighted by Crippen LogP contribution is 2.17. The first kappa shape index (κ1) is 14.2. The maximum absolute atomic E-state index is 5.77. The first-order valence-electron chi connectivity index (χ1n) is 7.06. The molecule has 19 heavy (non-hydrogen) atoms. The van der Waals surface area contributed by atoms with Crippen LogP contribution in [-0.4, -0.2) is 42.8 Å². The van der Waals surface area contributed by atoms with E-state index < -0.39 is 0 Å². The zero-order valence-corrected chi connectivity index (χ0v) is 11.9. The Hall–Kier alpha value is -1.20. The number of aromatic nitrogens is 2. The largest absolute Gasteiger partial charge is 0.376 e. The van der Waals surface area contributed by atoms with Gasteiger partial charge in [0.1, 0.15) is 11.6 Å². The quantitative estimate of drug-likeness (QED) is 0.868. The third-order valence-electron chi connectivity index (χ3n) is 3.42. The monoisotopic (exact) mass is 264 g/mol. The molecule has 0 amide bonds. The predicted octanol–water partition coefficient (Wildman–Crippen LogP) is 1.29. The Kier molecular flexibility index (Phi) is 5.10. The smallest absolute Gasteiger partial charge is 0.132 e. The molecule has 2 heterocycles. The van der Waals surface area contributed by atoms with Crippen molar-refractivity contribution in [3.63, 3.8) is 0 Å². The molecule has 5 heteroatoms. The minimum atomic E-state index is 0.326. The van der Waals surface area contributed by atoms with Crippen molar-refractivity contribution in [3.8, 4) is 0 Å². The number of hydrogen-bond donors (Lipinski definition) is 1. The average Bonchev–Trinajstić information content (AvgIpc) is 2.39. The van der Waals surface area contributed by atoms with Crippen LogP contribution in [0.2, 0.25) is 0 Å². The van der Waals surface area contributed by atoms with E-state index in [0.29, 0.717) is 12.6 Å². The van der Waals surface area contributed by atoms with Gasteiger partial charge in [0, 0.05) is 38.4 Å². The number of nitrogens with zero attached hydrogens (tertiary/aromatic N) is 3. The van der Waals surface area contributed by atoms with Gasteiger partial charge in [-0.25, -0.2) is 9.97 Å². The van der Waals surface area contributed by atoms with Crippen LogP contribution in [0.25, 0.3) is 0 Å². The molecule has 0 spiro atoms. The highest BCUT2D eigenvalue weighted by atomic mass is 16.5. The molecule has 5 nitrogen and oxygen atoms in total. The van der Waals surface area contributed by atoms with Gasteiger partial charge >= 0.3 is 0 Å². The maximum atomic E-state index is 5.77. The lowest BCUT2D eigenvalue weighted by Gasteiger charge is -2.28. The summed E-state index contributed by atoms with van der Waals surface area (Å²) < 4.78 is 5.77. The summed E-state index contributed by atoms with van der Waals surface area (Å²) in [6, 6.07) is 2.03. The van der Waals surface area contributed by atoms with E-state index in [4.69, 9.17) is 10.5 Å². The van der Waals surface area contributed by atoms with Gasteiger partial charge in [-0.05, 0) is 32.7 Å². The second-order valence-electron chi connectivity index (χ2n) is 5.17. The molecule has 1 aromatic rings. The standard InChI is InChI=1S/C14H24N4O/c1-11-16-12(6-7-15)9-14(17-11)18(2)10-13-5-3-4-8-19-13/h9,13H,3-8,10,15H2,1-2H3. The van der Waals surface area contributed by atoms with Crippen molar-refractivity contribution in [1.82, 2.24) is 9.97 Å². The zero-order chi connectivity index (χ0) is 13.7. The molecule has 0 aromatic carbocycles. The van der Waals surface area contributed by atoms with Crippen molar-refractivity contribution >= 4 is 5.82 Å². The lowest BCUT2D eigenvalue weighted by molar-refractivity contribution is 0.0215. The second-order valence-corrected chi connectivity index (χ2v) is 5.17. The van der Waals surface area contributed by atoms with E-state index in [2.05, 4.69) is 21.9 Å². The summed E-state index contributed by atoms with van der Waals surface area (Å²) in [5.74, 6) is 1.77. The number of aryl methyl sites for hydroxylation is 1. The second kappa shape index (κ2) is 6.82. The Morgan fingerprint density at radius 3 is 2.95 bits per heavy atom. The van der Waals surface area contributed by atoms with Gasteiger partial charge < -0.3 is 15.4 Å². The van der Waals surface area contributed by atoms with Gasteiger partial charge in [-0.1, -0.05) is 0 Å². The molecule has 0 saturated carbocycles. The fourth-order valence-electron chi connectivity index (χ4n) is 2.43. The third kappa shape index (κ3) is 4.14. The molecule has 1 atom stereocenters. The van der Waals surface area contributed by atoms with Crippen molar-refractivity contribution in [2.24, 2.45) is 5.73 Å². The summed E-state index contributed by atoms with van der Waals surface area (Å²) in [6.45, 7) is 4.32. The van der Waals surface area contributed by atoms with E-state index in [1.54, 1.807) is 0 Å². The molecule has 2 N–H and O–H groups in total. The van der Waals surface area contributed by atoms with Crippen LogP contribution < -0.4 is 10.6 Å². The van der Waals surface area contributed by atoms with Crippen LogP contribution in [0.3, 0.4) is 0 Å². The minimum absolute atomic E-state index is 0.326. The number of anilines is 1. The summed E-state index contributed by atoms with van der Waals surface area (Å²) in [6.07, 6.45) is 4.72. The van der Waals surface area contributed by atoms with Crippen LogP contribution in [0.15, 0.2) is 6.07 Å². The van der Waals surface area contributed by atoms with Gasteiger partial charge in [-0.15, -0.1) is 0 Å². The maximum Gasteiger partial charge on any atom is 0.132 e. The molecule has 0 radical (unpaired) electrons. The highest BCUT2D eigenvalue weighted by Gasteiger charge is 2.17. The van der Waals surface area contributed by atoms with E-state index in [1.807, 2.05) is 13.0 Å². The van der Waals surface area contributed by atoms with Crippen LogP contribution in [0.1, 0.15) is 30.8 Å². The molecule has 0 aliphatic carbocycles. The topological polar surface area (TPSA) is 64.3 Å². The van der Waals surface area contributed by atoms with Gasteiger partial charge in [0.15, 0.2) is 0 Å². The molecule has 1 unspecified atom stereocenters. The third-order valence-corrected chi connectivity index (χ3v) is 3.42. The first-order valence-corrected chi connectivity index (χ1v) is 7.06. The number of ether oxygens (including phenoxy) is 1. The van der Waals surface area contributed by atoms with Crippen LogP contribution in [0, 0.1) is 6.92 Å². The van der Waals surface area contributed by atoms with Crippen LogP contribution >= 0.6 is 0 Å². The molecular weight excluding hydrogens is 240 g/mol. The normalized spacial score (nSPS) is 19.4. The van der Waals surface area contributed by atoms with Gasteiger partial charge in [0.25, 0.3) is 0 Å². The minimum Gasteiger partial charge on any atom is -0.376 e. The lowest BCUT2D eigenvalue weighted by atomic mass is 10.1. The molecular formula is C14H24N4O. The molecule has 1 saturated heterocycles.